The van der Waals surface area contributed by atoms with Crippen LogP contribution in [0.5, 0.6) is 0 Å². The van der Waals surface area contributed by atoms with Crippen LogP contribution >= 0.6 is 0 Å². The van der Waals surface area contributed by atoms with E-state index in [1.807, 2.05) is 0 Å². The van der Waals surface area contributed by atoms with E-state index in [4.69, 9.17) is 10.8 Å². The smallest absolute Gasteiger partial charge is 0 e. The minimum absolute atomic E-state index is 0. The summed E-state index contributed by atoms with van der Waals surface area (Å²) in [4.78, 5) is 0. The van der Waals surface area contributed by atoms with Gasteiger partial charge in [0.15, 0.2) is 0 Å². The second-order valence-electron chi connectivity index (χ2n) is 0.236. The van der Waals surface area contributed by atoms with Crippen LogP contribution in [0.25, 0.3) is 0 Å². The van der Waals surface area contributed by atoms with Crippen molar-refractivity contribution in [3.63, 3.8) is 0 Å². The van der Waals surface area contributed by atoms with Crippen molar-refractivity contribution in [2.75, 3.05) is 7.05 Å². The summed E-state index contributed by atoms with van der Waals surface area (Å²) in [7, 11) is 1.50. The molecule has 0 aromatic rings. The maximum atomic E-state index is 6.00. The lowest BCUT2D eigenvalue weighted by Gasteiger charge is -1.40. The Hall–Kier alpha value is -1.08. The van der Waals surface area contributed by atoms with Crippen LogP contribution in [-0.2, 0) is 0 Å². The van der Waals surface area contributed by atoms with Crippen LogP contribution in [-0.4, -0.2) is 7.05 Å². The first-order valence-electron chi connectivity index (χ1n) is 1.52. The lowest BCUT2D eigenvalue weighted by atomic mass is 11.1. The molecule has 0 saturated carbocycles. The van der Waals surface area contributed by atoms with Crippen molar-refractivity contribution in [2.45, 2.75) is 22.3 Å². The largest absolute Gasteiger partial charge is 0.405 e. The van der Waals surface area contributed by atoms with Crippen molar-refractivity contribution >= 4 is 0 Å². The van der Waals surface area contributed by atoms with Gasteiger partial charge in [0.05, 0.1) is 0 Å². The fourth-order valence-corrected chi connectivity index (χ4v) is 0. The van der Waals surface area contributed by atoms with E-state index in [0.29, 0.717) is 0 Å². The molecule has 0 unspecified atom stereocenters. The van der Waals surface area contributed by atoms with Crippen molar-refractivity contribution < 1.29 is 0 Å². The third-order valence-corrected chi connectivity index (χ3v) is 0. The van der Waals surface area contributed by atoms with Gasteiger partial charge in [-0.2, -0.15) is 0 Å². The highest BCUT2D eigenvalue weighted by Crippen LogP contribution is 1.13. The maximum absolute atomic E-state index is 6.00. The summed E-state index contributed by atoms with van der Waals surface area (Å²) in [5.41, 5.74) is 9.11. The Balaban J connectivity index is -0.00000000536. The van der Waals surface area contributed by atoms with Gasteiger partial charge in [0, 0.05) is 10.8 Å². The summed E-state index contributed by atoms with van der Waals surface area (Å²) < 4.78 is 0. The minimum Gasteiger partial charge on any atom is -0.405 e. The molecule has 4 heteroatoms. The molecule has 4 N–H and O–H groups in total. The quantitative estimate of drug-likeness (QED) is 0.512. The van der Waals surface area contributed by atoms with Crippen LogP contribution in [0.15, 0.2) is 12.8 Å². The summed E-state index contributed by atoms with van der Waals surface area (Å²) >= 11 is 0. The van der Waals surface area contributed by atoms with Crippen LogP contribution in [0.3, 0.4) is 0 Å². The number of hydrogen-bond acceptors (Lipinski definition) is 4. The third-order valence-electron chi connectivity index (χ3n) is 0. The molecule has 0 radical (unpaired) electrons. The van der Waals surface area contributed by atoms with Gasteiger partial charge in [-0.3, -0.25) is 0 Å². The second-order valence-corrected chi connectivity index (χ2v) is 0.236. The van der Waals surface area contributed by atoms with Crippen LogP contribution < -0.4 is 11.5 Å². The molecular weight excluding hydrogens is 128 g/mol. The zero-order valence-corrected chi connectivity index (χ0v) is 4.33. The SMILES string of the molecule is C.C.C.C=CN.CN.N#N. The van der Waals surface area contributed by atoms with E-state index in [1.54, 1.807) is 0 Å². The molecule has 0 fully saturated rings. The molecule has 0 saturated heterocycles. The average molecular weight is 150 g/mol. The van der Waals surface area contributed by atoms with E-state index in [1.165, 1.54) is 13.2 Å². The summed E-state index contributed by atoms with van der Waals surface area (Å²) in [6.07, 6.45) is 1.25. The topological polar surface area (TPSA) is 99.6 Å². The molecule has 0 aliphatic heterocycles. The Labute approximate surface area is 65.3 Å². The number of rotatable bonds is 0. The number of nitrogens with zero attached hydrogens (tertiary/aromatic N) is 2. The van der Waals surface area contributed by atoms with Crippen molar-refractivity contribution in [3.8, 4) is 0 Å². The van der Waals surface area contributed by atoms with Crippen molar-refractivity contribution in [2.24, 2.45) is 11.5 Å². The van der Waals surface area contributed by atoms with Gasteiger partial charge in [0.2, 0.25) is 0 Å². The van der Waals surface area contributed by atoms with Gasteiger partial charge < -0.3 is 11.5 Å². The van der Waals surface area contributed by atoms with Gasteiger partial charge in [0.1, 0.15) is 0 Å². The second kappa shape index (κ2) is 59300. The maximum Gasteiger partial charge on any atom is 0 e. The zero-order valence-electron chi connectivity index (χ0n) is 4.33. The van der Waals surface area contributed by atoms with E-state index in [9.17, 15) is 0 Å². The zero-order chi connectivity index (χ0) is 6.71. The van der Waals surface area contributed by atoms with E-state index in [0.717, 1.165) is 0 Å². The molecule has 0 bridgehead atoms. The van der Waals surface area contributed by atoms with Gasteiger partial charge >= 0.3 is 0 Å². The molecule has 0 heterocycles. The highest BCUT2D eigenvalue weighted by molar-refractivity contribution is 4.48. The fraction of sp³-hybridized carbons (Fsp3) is 0.667. The molecule has 0 aliphatic rings. The molecule has 0 atom stereocenters. The Kier molecular flexibility index (Phi) is 389000. The molecular formula is C6H22N4. The van der Waals surface area contributed by atoms with E-state index < -0.39 is 0 Å². The lowest BCUT2D eigenvalue weighted by Crippen LogP contribution is -1.69. The highest BCUT2D eigenvalue weighted by Gasteiger charge is 1.09. The molecule has 66 valence electrons. The van der Waals surface area contributed by atoms with Gasteiger partial charge in [-0.1, -0.05) is 28.9 Å². The van der Waals surface area contributed by atoms with Crippen molar-refractivity contribution in [3.05, 3.63) is 12.8 Å². The minimum atomic E-state index is 0. The van der Waals surface area contributed by atoms with Crippen LogP contribution in [0.2, 0.25) is 0 Å². The normalized spacial score (nSPS) is 2.00. The molecule has 0 rings (SSSR count). The highest BCUT2D eigenvalue weighted by atomic mass is 14.6. The summed E-state index contributed by atoms with van der Waals surface area (Å²) in [5.74, 6) is 0. The van der Waals surface area contributed by atoms with Gasteiger partial charge in [-0.15, -0.1) is 0 Å². The Bertz CT molecular complexity index is 34.0. The summed E-state index contributed by atoms with van der Waals surface area (Å²) in [6.45, 7) is 3.14. The summed E-state index contributed by atoms with van der Waals surface area (Å²) in [6, 6.07) is 0. The molecule has 0 amide bonds. The van der Waals surface area contributed by atoms with Crippen molar-refractivity contribution in [1.29, 1.82) is 10.8 Å². The standard InChI is InChI=1S/C2H5N.CH5N.3CH4.N2/c1-2-3;1-2;;;;1-2/h2H,1,3H2;2H2,1H3;3*1H4;. The predicted molar refractivity (Wildman–Crippen MR) is 48.1 cm³/mol. The first kappa shape index (κ1) is 65.6. The van der Waals surface area contributed by atoms with Crippen LogP contribution in [0.1, 0.15) is 22.3 Å². The molecule has 4 nitrogen and oxygen atoms in total. The van der Waals surface area contributed by atoms with Gasteiger partial charge in [0.25, 0.3) is 0 Å². The first-order chi connectivity index (χ1) is 3.41. The Morgan fingerprint density at radius 2 is 1.10 bits per heavy atom. The Morgan fingerprint density at radius 3 is 1.10 bits per heavy atom. The number of nitrogens with two attached hydrogens (primary N) is 2. The molecule has 0 aromatic carbocycles. The predicted octanol–water partition coefficient (Wildman–Crippen LogP) is 1.60. The lowest BCUT2D eigenvalue weighted by molar-refractivity contribution is 1.15. The third kappa shape index (κ3) is 208. The molecule has 0 spiro atoms. The van der Waals surface area contributed by atoms with E-state index >= 15 is 0 Å². The van der Waals surface area contributed by atoms with Crippen molar-refractivity contribution in [1.82, 2.24) is 0 Å². The monoisotopic (exact) mass is 150 g/mol. The molecule has 0 aromatic heterocycles. The summed E-state index contributed by atoms with van der Waals surface area (Å²) in [5, 5.41) is 12.0. The molecule has 0 aliphatic carbocycles. The van der Waals surface area contributed by atoms with Gasteiger partial charge in [-0.05, 0) is 13.2 Å². The van der Waals surface area contributed by atoms with Crippen LogP contribution in [0, 0.1) is 10.8 Å². The van der Waals surface area contributed by atoms with E-state index in [2.05, 4.69) is 18.0 Å². The molecule has 10 heavy (non-hydrogen) atoms. The fourth-order valence-electron chi connectivity index (χ4n) is 0. The Morgan fingerprint density at radius 1 is 1.10 bits per heavy atom. The average Bonchev–Trinajstić information content (AvgIpc) is 1.78. The van der Waals surface area contributed by atoms with Crippen LogP contribution in [0.4, 0.5) is 0 Å². The van der Waals surface area contributed by atoms with Gasteiger partial charge in [-0.25, -0.2) is 0 Å². The first-order valence-corrected chi connectivity index (χ1v) is 1.52. The van der Waals surface area contributed by atoms with E-state index in [-0.39, 0.29) is 22.3 Å². The number of hydrogen-bond donors (Lipinski definition) is 2.